The molecule has 3 saturated heterocycles. The van der Waals surface area contributed by atoms with Crippen molar-refractivity contribution in [2.24, 2.45) is 34.5 Å². The number of ether oxygens (including phenoxy) is 5. The summed E-state index contributed by atoms with van der Waals surface area (Å²) in [5, 5.41) is 33.7. The van der Waals surface area contributed by atoms with Crippen molar-refractivity contribution in [3.05, 3.63) is 0 Å². The van der Waals surface area contributed by atoms with Gasteiger partial charge in [0.05, 0.1) is 30.8 Å². The minimum Gasteiger partial charge on any atom is -0.462 e. The molecule has 7 rings (SSSR count). The monoisotopic (exact) mass is 550 g/mol. The maximum atomic E-state index is 12.6. The molecule has 7 aliphatic rings. The Morgan fingerprint density at radius 1 is 0.974 bits per heavy atom. The first-order valence-electron chi connectivity index (χ1n) is 15.3. The highest BCUT2D eigenvalue weighted by molar-refractivity contribution is 5.73. The highest BCUT2D eigenvalue weighted by atomic mass is 16.7. The van der Waals surface area contributed by atoms with E-state index in [1.54, 1.807) is 6.92 Å². The molecule has 0 bridgehead atoms. The molecule has 0 aromatic carbocycles. The van der Waals surface area contributed by atoms with Crippen molar-refractivity contribution >= 4 is 5.97 Å². The summed E-state index contributed by atoms with van der Waals surface area (Å²) in [5.74, 6) is 1.21. The Labute approximate surface area is 230 Å². The highest BCUT2D eigenvalue weighted by Crippen LogP contribution is 2.73. The Bertz CT molecular complexity index is 991. The lowest BCUT2D eigenvalue weighted by Crippen LogP contribution is -2.64. The lowest BCUT2D eigenvalue weighted by atomic mass is 9.43. The van der Waals surface area contributed by atoms with Crippen LogP contribution in [-0.2, 0) is 28.5 Å². The van der Waals surface area contributed by atoms with Gasteiger partial charge in [0, 0.05) is 18.4 Å². The van der Waals surface area contributed by atoms with Crippen molar-refractivity contribution in [1.82, 2.24) is 0 Å². The van der Waals surface area contributed by atoms with Crippen molar-refractivity contribution in [3.8, 4) is 0 Å². The van der Waals surface area contributed by atoms with Gasteiger partial charge in [-0.25, -0.2) is 0 Å². The zero-order valence-corrected chi connectivity index (χ0v) is 23.5. The average Bonchev–Trinajstić information content (AvgIpc) is 3.54. The van der Waals surface area contributed by atoms with Gasteiger partial charge in [-0.15, -0.1) is 0 Å². The standard InChI is InChI=1S/C30H46O9/c1-16-23(32)25(35-3)24(33)26(38-16)39-18-6-9-27(2)17(12-18)4-5-20-19(27)7-10-28-14-37-29(13-22(31)36-15-29)21(28)8-11-30(20,28)34/h16-21,23-26,32-34H,4-15H2,1-3H3/t16-,17+,18-,19-,20+,21-,23-,24-,25+,26-,27-,28-,29-,30-/m0/s1. The number of carbonyl (C=O) groups is 1. The van der Waals surface area contributed by atoms with Gasteiger partial charge in [0.25, 0.3) is 0 Å². The topological polar surface area (TPSA) is 124 Å². The van der Waals surface area contributed by atoms with Crippen LogP contribution in [0.25, 0.3) is 0 Å². The Morgan fingerprint density at radius 2 is 1.79 bits per heavy atom. The Kier molecular flexibility index (Phi) is 6.31. The first-order valence-corrected chi connectivity index (χ1v) is 15.3. The lowest BCUT2D eigenvalue weighted by Gasteiger charge is -2.63. The molecule has 0 amide bonds. The third-order valence-corrected chi connectivity index (χ3v) is 13.1. The van der Waals surface area contributed by atoms with Gasteiger partial charge in [-0.1, -0.05) is 6.92 Å². The van der Waals surface area contributed by atoms with E-state index in [0.717, 1.165) is 57.8 Å². The first kappa shape index (κ1) is 27.0. The molecule has 2 spiro atoms. The molecule has 4 aliphatic carbocycles. The number of fused-ring (bicyclic) bond motifs is 5. The molecule has 9 heteroatoms. The Morgan fingerprint density at radius 3 is 2.54 bits per heavy atom. The number of hydrogen-bond acceptors (Lipinski definition) is 9. The van der Waals surface area contributed by atoms with Gasteiger partial charge in [-0.2, -0.15) is 0 Å². The number of cyclic esters (lactones) is 1. The number of methoxy groups -OCH3 is 1. The van der Waals surface area contributed by atoms with Crippen molar-refractivity contribution in [1.29, 1.82) is 0 Å². The van der Waals surface area contributed by atoms with E-state index in [2.05, 4.69) is 6.92 Å². The van der Waals surface area contributed by atoms with E-state index in [-0.39, 0.29) is 34.7 Å². The average molecular weight is 551 g/mol. The molecular formula is C30H46O9. The minimum atomic E-state index is -1.04. The third-order valence-electron chi connectivity index (χ3n) is 13.1. The molecule has 4 saturated carbocycles. The summed E-state index contributed by atoms with van der Waals surface area (Å²) in [6, 6.07) is 0. The lowest BCUT2D eigenvalue weighted by molar-refractivity contribution is -0.313. The fourth-order valence-electron chi connectivity index (χ4n) is 11.0. The molecule has 3 N–H and O–H groups in total. The van der Waals surface area contributed by atoms with Gasteiger partial charge < -0.3 is 39.0 Å². The summed E-state index contributed by atoms with van der Waals surface area (Å²) in [6.07, 6.45) is 4.97. The molecule has 7 fully saturated rings. The van der Waals surface area contributed by atoms with Gasteiger partial charge in [0.15, 0.2) is 6.29 Å². The van der Waals surface area contributed by atoms with E-state index in [9.17, 15) is 20.1 Å². The van der Waals surface area contributed by atoms with Crippen molar-refractivity contribution in [2.45, 2.75) is 126 Å². The number of esters is 1. The van der Waals surface area contributed by atoms with Gasteiger partial charge in [-0.3, -0.25) is 4.79 Å². The number of aliphatic hydroxyl groups excluding tert-OH is 2. The maximum absolute atomic E-state index is 12.6. The van der Waals surface area contributed by atoms with Crippen molar-refractivity contribution < 1.29 is 43.8 Å². The van der Waals surface area contributed by atoms with Crippen LogP contribution in [0.15, 0.2) is 0 Å². The number of rotatable bonds is 3. The molecule has 39 heavy (non-hydrogen) atoms. The third kappa shape index (κ3) is 3.59. The smallest absolute Gasteiger partial charge is 0.308 e. The van der Waals surface area contributed by atoms with Crippen molar-refractivity contribution in [3.63, 3.8) is 0 Å². The van der Waals surface area contributed by atoms with Crippen LogP contribution >= 0.6 is 0 Å². The number of aliphatic hydroxyl groups is 3. The molecule has 14 atom stereocenters. The second kappa shape index (κ2) is 9.09. The number of hydrogen-bond donors (Lipinski definition) is 3. The van der Waals surface area contributed by atoms with E-state index >= 15 is 0 Å². The van der Waals surface area contributed by atoms with Crippen LogP contribution in [-0.4, -0.2) is 89.6 Å². The Balaban J connectivity index is 1.06. The summed E-state index contributed by atoms with van der Waals surface area (Å²) in [6.45, 7) is 5.11. The molecule has 9 nitrogen and oxygen atoms in total. The zero-order valence-electron chi connectivity index (χ0n) is 23.5. The molecule has 0 aromatic rings. The molecule has 0 radical (unpaired) electrons. The summed E-state index contributed by atoms with van der Waals surface area (Å²) in [7, 11) is 1.49. The number of carbonyl (C=O) groups excluding carboxylic acids is 1. The van der Waals surface area contributed by atoms with E-state index in [0.29, 0.717) is 31.5 Å². The summed E-state index contributed by atoms with van der Waals surface area (Å²) in [4.78, 5) is 12.1. The molecular weight excluding hydrogens is 504 g/mol. The zero-order chi connectivity index (χ0) is 27.4. The van der Waals surface area contributed by atoms with E-state index < -0.39 is 41.9 Å². The van der Waals surface area contributed by atoms with Crippen LogP contribution in [0, 0.1) is 34.5 Å². The summed E-state index contributed by atoms with van der Waals surface area (Å²) in [5.41, 5.74) is -1.42. The van der Waals surface area contributed by atoms with Gasteiger partial charge in [0.2, 0.25) is 0 Å². The minimum absolute atomic E-state index is 0.0175. The summed E-state index contributed by atoms with van der Waals surface area (Å²) >= 11 is 0. The van der Waals surface area contributed by atoms with Crippen LogP contribution in [0.3, 0.4) is 0 Å². The fraction of sp³-hybridized carbons (Fsp3) is 0.967. The van der Waals surface area contributed by atoms with Crippen LogP contribution in [0.4, 0.5) is 0 Å². The molecule has 0 aromatic heterocycles. The van der Waals surface area contributed by atoms with Crippen LogP contribution < -0.4 is 0 Å². The van der Waals surface area contributed by atoms with Crippen LogP contribution in [0.2, 0.25) is 0 Å². The highest BCUT2D eigenvalue weighted by Gasteiger charge is 2.76. The largest absolute Gasteiger partial charge is 0.462 e. The first-order chi connectivity index (χ1) is 18.6. The van der Waals surface area contributed by atoms with Gasteiger partial charge in [0.1, 0.15) is 30.5 Å². The van der Waals surface area contributed by atoms with E-state index in [1.807, 2.05) is 0 Å². The molecule has 3 aliphatic heterocycles. The van der Waals surface area contributed by atoms with E-state index in [1.165, 1.54) is 7.11 Å². The Hall–Kier alpha value is -0.810. The van der Waals surface area contributed by atoms with Gasteiger partial charge in [-0.05, 0) is 87.9 Å². The predicted octanol–water partition coefficient (Wildman–Crippen LogP) is 2.32. The quantitative estimate of drug-likeness (QED) is 0.359. The van der Waals surface area contributed by atoms with Gasteiger partial charge >= 0.3 is 5.97 Å². The molecule has 220 valence electrons. The summed E-state index contributed by atoms with van der Waals surface area (Å²) < 4.78 is 29.4. The van der Waals surface area contributed by atoms with Crippen LogP contribution in [0.5, 0.6) is 0 Å². The van der Waals surface area contributed by atoms with Crippen LogP contribution in [0.1, 0.15) is 78.1 Å². The second-order valence-electron chi connectivity index (χ2n) is 14.3. The van der Waals surface area contributed by atoms with E-state index in [4.69, 9.17) is 23.7 Å². The fourth-order valence-corrected chi connectivity index (χ4v) is 11.0. The van der Waals surface area contributed by atoms with Crippen molar-refractivity contribution in [2.75, 3.05) is 20.3 Å². The SMILES string of the molecule is CO[C@H]1[C@H](O)[C@H](O[C@H]2CC[C@@]3(C)[C@H](CC[C@@H]4[C@@H]3CC[C@]35CO[C@@]6(COC(=O)C6)[C@H]3CC[C@]45O)C2)O[C@@H](C)[C@@H]1O. The molecule has 3 heterocycles. The predicted molar refractivity (Wildman–Crippen MR) is 137 cm³/mol. The normalized spacial score (nSPS) is 58.5. The molecule has 0 unspecified atom stereocenters. The maximum Gasteiger partial charge on any atom is 0.308 e. The second-order valence-corrected chi connectivity index (χ2v) is 14.3.